The quantitative estimate of drug-likeness (QED) is 0.777. The molecule has 1 aromatic carbocycles. The van der Waals surface area contributed by atoms with Gasteiger partial charge in [-0.2, -0.15) is 0 Å². The molecule has 1 N–H and O–H groups in total. The molecular weight excluding hydrogens is 242 g/mol. The Bertz CT molecular complexity index is 470. The summed E-state index contributed by atoms with van der Waals surface area (Å²) in [6.07, 6.45) is 1.10. The Balaban J connectivity index is 2.86. The molecule has 17 heavy (non-hydrogen) atoms. The first kappa shape index (κ1) is 13.7. The monoisotopic (exact) mass is 257 g/mol. The zero-order valence-corrected chi connectivity index (χ0v) is 10.5. The van der Waals surface area contributed by atoms with E-state index < -0.39 is 21.8 Å². The van der Waals surface area contributed by atoms with Gasteiger partial charge in [0.15, 0.2) is 9.84 Å². The van der Waals surface area contributed by atoms with Gasteiger partial charge in [0, 0.05) is 6.26 Å². The standard InChI is InChI=1S/C11H15NO4S/c1-16-11(13)10(12-8-17(2,14)15)9-6-4-3-5-7-9/h3-7,10,12H,8H2,1-2H3. The molecule has 6 heteroatoms. The fourth-order valence-electron chi connectivity index (χ4n) is 1.34. The summed E-state index contributed by atoms with van der Waals surface area (Å²) >= 11 is 0. The maximum Gasteiger partial charge on any atom is 0.327 e. The molecule has 1 rings (SSSR count). The van der Waals surface area contributed by atoms with Crippen LogP contribution in [0, 0.1) is 0 Å². The SMILES string of the molecule is COC(=O)C(NCS(C)(=O)=O)c1ccccc1. The minimum Gasteiger partial charge on any atom is -0.468 e. The number of benzene rings is 1. The van der Waals surface area contributed by atoms with Crippen LogP contribution in [0.15, 0.2) is 30.3 Å². The van der Waals surface area contributed by atoms with Crippen molar-refractivity contribution in [2.75, 3.05) is 19.2 Å². The van der Waals surface area contributed by atoms with Crippen molar-refractivity contribution in [2.45, 2.75) is 6.04 Å². The number of carbonyl (C=O) groups is 1. The van der Waals surface area contributed by atoms with Gasteiger partial charge in [0.05, 0.1) is 13.0 Å². The van der Waals surface area contributed by atoms with E-state index in [1.165, 1.54) is 7.11 Å². The number of hydrogen-bond donors (Lipinski definition) is 1. The Morgan fingerprint density at radius 2 is 1.94 bits per heavy atom. The average molecular weight is 257 g/mol. The maximum absolute atomic E-state index is 11.5. The van der Waals surface area contributed by atoms with Crippen LogP contribution in [0.4, 0.5) is 0 Å². The second kappa shape index (κ2) is 5.79. The lowest BCUT2D eigenvalue weighted by Gasteiger charge is -2.16. The largest absolute Gasteiger partial charge is 0.468 e. The molecule has 0 spiro atoms. The molecule has 0 aromatic heterocycles. The zero-order valence-electron chi connectivity index (χ0n) is 9.71. The summed E-state index contributed by atoms with van der Waals surface area (Å²) < 4.78 is 26.8. The molecule has 1 aromatic rings. The fraction of sp³-hybridized carbons (Fsp3) is 0.364. The van der Waals surface area contributed by atoms with Gasteiger partial charge in [-0.25, -0.2) is 13.2 Å². The van der Waals surface area contributed by atoms with Gasteiger partial charge < -0.3 is 4.74 Å². The third kappa shape index (κ3) is 4.54. The molecule has 0 fully saturated rings. The molecule has 0 saturated heterocycles. The highest BCUT2D eigenvalue weighted by molar-refractivity contribution is 7.90. The minimum atomic E-state index is -3.19. The average Bonchev–Trinajstić information content (AvgIpc) is 2.29. The number of nitrogens with one attached hydrogen (secondary N) is 1. The predicted octanol–water partition coefficient (Wildman–Crippen LogP) is 0.492. The van der Waals surface area contributed by atoms with Crippen molar-refractivity contribution in [3.63, 3.8) is 0 Å². The Morgan fingerprint density at radius 1 is 1.35 bits per heavy atom. The Hall–Kier alpha value is -1.40. The molecule has 0 amide bonds. The van der Waals surface area contributed by atoms with E-state index in [9.17, 15) is 13.2 Å². The normalized spacial score (nSPS) is 13.1. The number of esters is 1. The molecule has 1 unspecified atom stereocenters. The van der Waals surface area contributed by atoms with Gasteiger partial charge in [-0.05, 0) is 5.56 Å². The summed E-state index contributed by atoms with van der Waals surface area (Å²) in [6.45, 7) is 0. The summed E-state index contributed by atoms with van der Waals surface area (Å²) in [4.78, 5) is 11.5. The van der Waals surface area contributed by atoms with Crippen LogP contribution in [0.25, 0.3) is 0 Å². The van der Waals surface area contributed by atoms with Crippen LogP contribution in [-0.4, -0.2) is 33.6 Å². The van der Waals surface area contributed by atoms with E-state index in [1.807, 2.05) is 6.07 Å². The van der Waals surface area contributed by atoms with Gasteiger partial charge in [0.25, 0.3) is 0 Å². The van der Waals surface area contributed by atoms with E-state index in [1.54, 1.807) is 24.3 Å². The Kier molecular flexibility index (Phi) is 4.65. The number of hydrogen-bond acceptors (Lipinski definition) is 5. The maximum atomic E-state index is 11.5. The molecule has 1 atom stereocenters. The lowest BCUT2D eigenvalue weighted by atomic mass is 10.1. The van der Waals surface area contributed by atoms with Gasteiger partial charge >= 0.3 is 5.97 Å². The van der Waals surface area contributed by atoms with E-state index >= 15 is 0 Å². The molecule has 0 aliphatic rings. The topological polar surface area (TPSA) is 72.5 Å². The van der Waals surface area contributed by atoms with Gasteiger partial charge in [0.2, 0.25) is 0 Å². The first-order valence-corrected chi connectivity index (χ1v) is 7.04. The predicted molar refractivity (Wildman–Crippen MR) is 64.0 cm³/mol. The molecule has 5 nitrogen and oxygen atoms in total. The lowest BCUT2D eigenvalue weighted by molar-refractivity contribution is -0.143. The van der Waals surface area contributed by atoms with Crippen LogP contribution in [0.5, 0.6) is 0 Å². The van der Waals surface area contributed by atoms with Crippen molar-refractivity contribution in [1.82, 2.24) is 5.32 Å². The number of carbonyl (C=O) groups excluding carboxylic acids is 1. The summed E-state index contributed by atoms with van der Waals surface area (Å²) in [5.41, 5.74) is 0.669. The molecule has 0 bridgehead atoms. The molecule has 0 aliphatic carbocycles. The van der Waals surface area contributed by atoms with Crippen molar-refractivity contribution in [1.29, 1.82) is 0 Å². The highest BCUT2D eigenvalue weighted by atomic mass is 32.2. The summed E-state index contributed by atoms with van der Waals surface area (Å²) in [7, 11) is -1.92. The van der Waals surface area contributed by atoms with E-state index in [2.05, 4.69) is 10.1 Å². The van der Waals surface area contributed by atoms with Crippen molar-refractivity contribution in [3.8, 4) is 0 Å². The van der Waals surface area contributed by atoms with Gasteiger partial charge in [0.1, 0.15) is 6.04 Å². The van der Waals surface area contributed by atoms with Crippen LogP contribution < -0.4 is 5.32 Å². The van der Waals surface area contributed by atoms with Crippen molar-refractivity contribution >= 4 is 15.8 Å². The lowest BCUT2D eigenvalue weighted by Crippen LogP contribution is -2.33. The highest BCUT2D eigenvalue weighted by Crippen LogP contribution is 2.13. The highest BCUT2D eigenvalue weighted by Gasteiger charge is 2.21. The van der Waals surface area contributed by atoms with Crippen LogP contribution >= 0.6 is 0 Å². The molecular formula is C11H15NO4S. The number of rotatable bonds is 5. The van der Waals surface area contributed by atoms with Crippen LogP contribution in [0.3, 0.4) is 0 Å². The van der Waals surface area contributed by atoms with E-state index in [4.69, 9.17) is 0 Å². The Morgan fingerprint density at radius 3 is 2.41 bits per heavy atom. The van der Waals surface area contributed by atoms with E-state index in [0.717, 1.165) is 6.26 Å². The summed E-state index contributed by atoms with van der Waals surface area (Å²) in [5, 5.41) is 2.66. The third-order valence-corrected chi connectivity index (χ3v) is 2.81. The minimum absolute atomic E-state index is 0.276. The number of ether oxygens (including phenoxy) is 1. The van der Waals surface area contributed by atoms with Crippen molar-refractivity contribution in [3.05, 3.63) is 35.9 Å². The van der Waals surface area contributed by atoms with Crippen LogP contribution in [0.1, 0.15) is 11.6 Å². The zero-order chi connectivity index (χ0) is 12.9. The smallest absolute Gasteiger partial charge is 0.327 e. The summed E-state index contributed by atoms with van der Waals surface area (Å²) in [6, 6.07) is 8.05. The van der Waals surface area contributed by atoms with Crippen LogP contribution in [-0.2, 0) is 19.4 Å². The van der Waals surface area contributed by atoms with E-state index in [0.29, 0.717) is 5.56 Å². The summed E-state index contributed by atoms with van der Waals surface area (Å²) in [5.74, 6) is -0.790. The van der Waals surface area contributed by atoms with Crippen molar-refractivity contribution in [2.24, 2.45) is 0 Å². The second-order valence-corrected chi connectivity index (χ2v) is 5.78. The van der Waals surface area contributed by atoms with Crippen LogP contribution in [0.2, 0.25) is 0 Å². The third-order valence-electron chi connectivity index (χ3n) is 2.12. The molecule has 0 heterocycles. The molecule has 94 valence electrons. The molecule has 0 aliphatic heterocycles. The fourth-order valence-corrected chi connectivity index (χ4v) is 1.80. The molecule has 0 saturated carbocycles. The number of methoxy groups -OCH3 is 1. The molecule has 0 radical (unpaired) electrons. The van der Waals surface area contributed by atoms with Gasteiger partial charge in [-0.15, -0.1) is 0 Å². The van der Waals surface area contributed by atoms with E-state index in [-0.39, 0.29) is 5.88 Å². The first-order chi connectivity index (χ1) is 7.94. The second-order valence-electron chi connectivity index (χ2n) is 3.64. The van der Waals surface area contributed by atoms with Gasteiger partial charge in [-0.1, -0.05) is 30.3 Å². The van der Waals surface area contributed by atoms with Gasteiger partial charge in [-0.3, -0.25) is 5.32 Å². The first-order valence-electron chi connectivity index (χ1n) is 4.98. The number of sulfone groups is 1. The Labute approximate surface area is 101 Å². The van der Waals surface area contributed by atoms with Crippen molar-refractivity contribution < 1.29 is 17.9 Å².